The van der Waals surface area contributed by atoms with Gasteiger partial charge in [-0.2, -0.15) is 0 Å². The van der Waals surface area contributed by atoms with Crippen LogP contribution >= 0.6 is 0 Å². The molecule has 37 heavy (non-hydrogen) atoms. The maximum Gasteiger partial charge on any atom is 0.179 e. The summed E-state index contributed by atoms with van der Waals surface area (Å²) >= 11 is 0. The largest absolute Gasteiger partial charge is 0.179 e. The molecule has 0 N–H and O–H groups in total. The summed E-state index contributed by atoms with van der Waals surface area (Å²) in [5, 5.41) is 5.55. The number of rotatable bonds is 6. The summed E-state index contributed by atoms with van der Waals surface area (Å²) in [5.74, 6) is 0. The lowest BCUT2D eigenvalue weighted by molar-refractivity contribution is 1.61. The summed E-state index contributed by atoms with van der Waals surface area (Å²) < 4.78 is 0. The molecular formula is C36H28Si. The first kappa shape index (κ1) is 23.0. The molecule has 0 aliphatic rings. The normalized spacial score (nSPS) is 11.2. The van der Waals surface area contributed by atoms with E-state index in [0.29, 0.717) is 0 Å². The quantitative estimate of drug-likeness (QED) is 0.188. The van der Waals surface area contributed by atoms with Crippen LogP contribution in [0.15, 0.2) is 170 Å². The van der Waals surface area contributed by atoms with Crippen LogP contribution in [-0.4, -0.2) is 8.07 Å². The van der Waals surface area contributed by atoms with Crippen molar-refractivity contribution >= 4 is 28.8 Å². The summed E-state index contributed by atoms with van der Waals surface area (Å²) in [4.78, 5) is 0. The van der Waals surface area contributed by atoms with Crippen molar-refractivity contribution in [2.75, 3.05) is 0 Å². The Morgan fingerprint density at radius 2 is 0.459 bits per heavy atom. The van der Waals surface area contributed by atoms with Gasteiger partial charge in [0.1, 0.15) is 0 Å². The lowest BCUT2D eigenvalue weighted by Gasteiger charge is -2.34. The molecule has 0 radical (unpaired) electrons. The van der Waals surface area contributed by atoms with Gasteiger partial charge in [0, 0.05) is 0 Å². The van der Waals surface area contributed by atoms with Crippen molar-refractivity contribution < 1.29 is 0 Å². The fourth-order valence-corrected chi connectivity index (χ4v) is 10.2. The van der Waals surface area contributed by atoms with Gasteiger partial charge in [0.25, 0.3) is 0 Å². The first-order chi connectivity index (χ1) is 18.4. The lowest BCUT2D eigenvalue weighted by atomic mass is 10.1. The number of benzene rings is 6. The molecule has 0 aliphatic heterocycles. The van der Waals surface area contributed by atoms with Crippen molar-refractivity contribution in [1.82, 2.24) is 0 Å². The Hall–Kier alpha value is -4.46. The molecular weight excluding hydrogens is 460 g/mol. The van der Waals surface area contributed by atoms with Crippen molar-refractivity contribution in [3.05, 3.63) is 170 Å². The predicted octanol–water partition coefficient (Wildman–Crippen LogP) is 6.40. The van der Waals surface area contributed by atoms with Gasteiger partial charge in [0.15, 0.2) is 8.07 Å². The van der Waals surface area contributed by atoms with E-state index in [1.165, 1.54) is 43.0 Å². The SMILES string of the molecule is c1ccc(-c2ccc([Si](c3ccccc3)(c3ccccc3)c3ccc(-c4ccccc4)cc3)cc2)cc1. The molecule has 0 bridgehead atoms. The molecule has 0 aromatic heterocycles. The van der Waals surface area contributed by atoms with Gasteiger partial charge in [-0.15, -0.1) is 0 Å². The highest BCUT2D eigenvalue weighted by Crippen LogP contribution is 2.21. The summed E-state index contributed by atoms with van der Waals surface area (Å²) in [6.07, 6.45) is 0. The molecule has 0 saturated heterocycles. The monoisotopic (exact) mass is 488 g/mol. The molecule has 6 aromatic carbocycles. The predicted molar refractivity (Wildman–Crippen MR) is 161 cm³/mol. The minimum atomic E-state index is -2.55. The summed E-state index contributed by atoms with van der Waals surface area (Å²) in [5.41, 5.74) is 4.97. The fourth-order valence-electron chi connectivity index (χ4n) is 5.46. The second-order valence-corrected chi connectivity index (χ2v) is 13.2. The third kappa shape index (κ3) is 4.35. The number of hydrogen-bond acceptors (Lipinski definition) is 0. The summed E-state index contributed by atoms with van der Waals surface area (Å²) in [6.45, 7) is 0. The topological polar surface area (TPSA) is 0 Å². The van der Waals surface area contributed by atoms with Gasteiger partial charge in [-0.1, -0.05) is 170 Å². The Labute approximate surface area is 220 Å². The van der Waals surface area contributed by atoms with Crippen LogP contribution in [0.5, 0.6) is 0 Å². The Morgan fingerprint density at radius 3 is 0.784 bits per heavy atom. The molecule has 0 atom stereocenters. The Balaban J connectivity index is 1.57. The smallest absolute Gasteiger partial charge is 0.0623 e. The average molecular weight is 489 g/mol. The van der Waals surface area contributed by atoms with E-state index in [0.717, 1.165) is 0 Å². The van der Waals surface area contributed by atoms with Gasteiger partial charge in [-0.05, 0) is 43.0 Å². The van der Waals surface area contributed by atoms with Crippen LogP contribution in [0.1, 0.15) is 0 Å². The molecule has 6 aromatic rings. The maximum absolute atomic E-state index is 2.55. The molecule has 0 nitrogen and oxygen atoms in total. The molecule has 0 aliphatic carbocycles. The molecule has 0 unspecified atom stereocenters. The molecule has 0 amide bonds. The standard InChI is InChI=1S/C36H28Si/c1-5-13-29(14-6-1)31-21-25-35(26-22-31)37(33-17-9-3-10-18-33,34-19-11-4-12-20-34)36-27-23-32(24-28-36)30-15-7-2-8-16-30/h1-28H. The highest BCUT2D eigenvalue weighted by Gasteiger charge is 2.41. The average Bonchev–Trinajstić information content (AvgIpc) is 3.00. The molecule has 6 rings (SSSR count). The van der Waals surface area contributed by atoms with Gasteiger partial charge < -0.3 is 0 Å². The Morgan fingerprint density at radius 1 is 0.216 bits per heavy atom. The van der Waals surface area contributed by atoms with Crippen molar-refractivity contribution in [3.63, 3.8) is 0 Å². The van der Waals surface area contributed by atoms with E-state index in [-0.39, 0.29) is 0 Å². The van der Waals surface area contributed by atoms with E-state index in [1.54, 1.807) is 0 Å². The zero-order chi connectivity index (χ0) is 24.9. The van der Waals surface area contributed by atoms with Crippen LogP contribution < -0.4 is 20.7 Å². The zero-order valence-electron chi connectivity index (χ0n) is 20.7. The minimum Gasteiger partial charge on any atom is -0.0623 e. The van der Waals surface area contributed by atoms with Crippen LogP contribution in [-0.2, 0) is 0 Å². The lowest BCUT2D eigenvalue weighted by Crippen LogP contribution is -2.74. The van der Waals surface area contributed by atoms with Crippen LogP contribution in [0.3, 0.4) is 0 Å². The van der Waals surface area contributed by atoms with Crippen LogP contribution in [0.4, 0.5) is 0 Å². The first-order valence-electron chi connectivity index (χ1n) is 12.8. The summed E-state index contributed by atoms with van der Waals surface area (Å²) in [7, 11) is -2.55. The molecule has 0 saturated carbocycles. The molecule has 176 valence electrons. The van der Waals surface area contributed by atoms with Gasteiger partial charge in [-0.25, -0.2) is 0 Å². The highest BCUT2D eigenvalue weighted by molar-refractivity contribution is 7.19. The van der Waals surface area contributed by atoms with E-state index in [1.807, 2.05) is 0 Å². The second-order valence-electron chi connectivity index (χ2n) is 9.37. The third-order valence-corrected chi connectivity index (χ3v) is 12.1. The van der Waals surface area contributed by atoms with Crippen molar-refractivity contribution in [2.45, 2.75) is 0 Å². The fraction of sp³-hybridized carbons (Fsp3) is 0. The minimum absolute atomic E-state index is 1.24. The maximum atomic E-state index is 2.36. The van der Waals surface area contributed by atoms with Crippen LogP contribution in [0.25, 0.3) is 22.3 Å². The third-order valence-electron chi connectivity index (χ3n) is 7.26. The van der Waals surface area contributed by atoms with Crippen LogP contribution in [0, 0.1) is 0 Å². The van der Waals surface area contributed by atoms with E-state index < -0.39 is 8.07 Å². The van der Waals surface area contributed by atoms with E-state index in [9.17, 15) is 0 Å². The Bertz CT molecular complexity index is 1430. The highest BCUT2D eigenvalue weighted by atomic mass is 28.3. The van der Waals surface area contributed by atoms with Gasteiger partial charge in [0.05, 0.1) is 0 Å². The molecule has 1 heteroatoms. The van der Waals surface area contributed by atoms with Gasteiger partial charge in [0.2, 0.25) is 0 Å². The van der Waals surface area contributed by atoms with Gasteiger partial charge in [-0.3, -0.25) is 0 Å². The van der Waals surface area contributed by atoms with Crippen molar-refractivity contribution in [2.24, 2.45) is 0 Å². The zero-order valence-corrected chi connectivity index (χ0v) is 21.7. The van der Waals surface area contributed by atoms with Crippen LogP contribution in [0.2, 0.25) is 0 Å². The Kier molecular flexibility index (Phi) is 6.37. The molecule has 0 fully saturated rings. The molecule has 0 spiro atoms. The molecule has 0 heterocycles. The number of hydrogen-bond donors (Lipinski definition) is 0. The first-order valence-corrected chi connectivity index (χ1v) is 14.8. The second kappa shape index (κ2) is 10.3. The van der Waals surface area contributed by atoms with E-state index in [2.05, 4.69) is 170 Å². The van der Waals surface area contributed by atoms with Crippen molar-refractivity contribution in [3.8, 4) is 22.3 Å². The van der Waals surface area contributed by atoms with E-state index in [4.69, 9.17) is 0 Å². The summed E-state index contributed by atoms with van der Waals surface area (Å²) in [6, 6.07) is 62.0. The van der Waals surface area contributed by atoms with E-state index >= 15 is 0 Å². The van der Waals surface area contributed by atoms with Crippen molar-refractivity contribution in [1.29, 1.82) is 0 Å². The van der Waals surface area contributed by atoms with Gasteiger partial charge >= 0.3 is 0 Å².